The molecule has 1 aliphatic rings. The lowest BCUT2D eigenvalue weighted by Gasteiger charge is -2.22. The van der Waals surface area contributed by atoms with Gasteiger partial charge in [-0.05, 0) is 24.6 Å². The molecule has 1 aliphatic heterocycles. The van der Waals surface area contributed by atoms with E-state index in [1.54, 1.807) is 32.3 Å². The van der Waals surface area contributed by atoms with Crippen molar-refractivity contribution in [3.8, 4) is 5.75 Å². The van der Waals surface area contributed by atoms with Crippen molar-refractivity contribution in [2.75, 3.05) is 11.9 Å². The van der Waals surface area contributed by atoms with Gasteiger partial charge in [0, 0.05) is 13.2 Å². The van der Waals surface area contributed by atoms with Crippen LogP contribution >= 0.6 is 0 Å². The number of nitrogens with zero attached hydrogens (tertiary/aromatic N) is 4. The van der Waals surface area contributed by atoms with Gasteiger partial charge in [-0.3, -0.25) is 14.5 Å². The zero-order chi connectivity index (χ0) is 20.4. The van der Waals surface area contributed by atoms with Crippen LogP contribution in [0.25, 0.3) is 0 Å². The Morgan fingerprint density at radius 1 is 1.21 bits per heavy atom. The molecule has 0 saturated heterocycles. The minimum absolute atomic E-state index is 0.140. The van der Waals surface area contributed by atoms with E-state index in [0.29, 0.717) is 23.9 Å². The second-order valence-electron chi connectivity index (χ2n) is 6.67. The Balaban J connectivity index is 1.49. The molecule has 0 fully saturated rings. The Hall–Kier alpha value is -3.75. The average molecular weight is 393 g/mol. The lowest BCUT2D eigenvalue weighted by atomic mass is 10.1. The third-order valence-electron chi connectivity index (χ3n) is 4.60. The molecule has 9 heteroatoms. The highest BCUT2D eigenvalue weighted by atomic mass is 16.5. The quantitative estimate of drug-likeness (QED) is 0.717. The Morgan fingerprint density at radius 3 is 2.79 bits per heavy atom. The van der Waals surface area contributed by atoms with Gasteiger partial charge in [-0.2, -0.15) is 4.98 Å². The number of anilines is 1. The molecule has 0 saturated carbocycles. The van der Waals surface area contributed by atoms with E-state index in [1.165, 1.54) is 4.90 Å². The summed E-state index contributed by atoms with van der Waals surface area (Å²) in [6.45, 7) is 1.70. The number of carbonyl (C=O) groups excluding carboxylic acids is 2. The first-order valence-electron chi connectivity index (χ1n) is 9.09. The van der Waals surface area contributed by atoms with E-state index < -0.39 is 18.1 Å². The molecule has 1 N–H and O–H groups in total. The van der Waals surface area contributed by atoms with Gasteiger partial charge in [-0.1, -0.05) is 35.5 Å². The van der Waals surface area contributed by atoms with Gasteiger partial charge < -0.3 is 14.6 Å². The van der Waals surface area contributed by atoms with Crippen LogP contribution in [0.3, 0.4) is 0 Å². The maximum absolute atomic E-state index is 12.9. The second-order valence-corrected chi connectivity index (χ2v) is 6.67. The largest absolute Gasteiger partial charge is 0.484 e. The van der Waals surface area contributed by atoms with Crippen LogP contribution in [0.5, 0.6) is 5.75 Å². The number of pyridine rings is 1. The number of carbonyl (C=O) groups is 2. The summed E-state index contributed by atoms with van der Waals surface area (Å²) < 4.78 is 11.0. The molecular formula is C20H19N5O4. The van der Waals surface area contributed by atoms with Gasteiger partial charge in [0.15, 0.2) is 11.6 Å². The van der Waals surface area contributed by atoms with E-state index in [9.17, 15) is 9.59 Å². The molecule has 2 amide bonds. The molecule has 9 nitrogen and oxygen atoms in total. The number of rotatable bonds is 4. The number of ether oxygens (including phenoxy) is 1. The number of fused-ring (bicyclic) bond motifs is 1. The summed E-state index contributed by atoms with van der Waals surface area (Å²) in [5.74, 6) is 0.0682. The highest BCUT2D eigenvalue weighted by Gasteiger charge is 2.37. The highest BCUT2D eigenvalue weighted by Crippen LogP contribution is 2.29. The number of likely N-dealkylation sites (N-methyl/N-ethyl adjacent to an activating group) is 1. The van der Waals surface area contributed by atoms with Crippen LogP contribution in [0.4, 0.5) is 5.82 Å². The highest BCUT2D eigenvalue weighted by molar-refractivity contribution is 6.02. The molecule has 3 heterocycles. The molecule has 1 unspecified atom stereocenters. The van der Waals surface area contributed by atoms with Crippen LogP contribution in [-0.2, 0) is 11.2 Å². The smallest absolute Gasteiger partial charge is 0.293 e. The molecule has 4 rings (SSSR count). The fourth-order valence-corrected chi connectivity index (χ4v) is 3.08. The molecule has 0 bridgehead atoms. The maximum atomic E-state index is 12.9. The zero-order valence-electron chi connectivity index (χ0n) is 15.9. The molecule has 3 aromatic rings. The van der Waals surface area contributed by atoms with Crippen LogP contribution < -0.4 is 15.0 Å². The minimum atomic E-state index is -0.933. The lowest BCUT2D eigenvalue weighted by molar-refractivity contribution is -0.121. The lowest BCUT2D eigenvalue weighted by Crippen LogP contribution is -2.53. The fraction of sp³-hybridized carbons (Fsp3) is 0.250. The molecule has 148 valence electrons. The molecular weight excluding hydrogens is 374 g/mol. The number of nitrogens with one attached hydrogen (secondary N) is 1. The van der Waals surface area contributed by atoms with Crippen molar-refractivity contribution in [3.05, 3.63) is 65.9 Å². The van der Waals surface area contributed by atoms with Gasteiger partial charge in [-0.15, -0.1) is 0 Å². The molecule has 0 aliphatic carbocycles. The fourth-order valence-electron chi connectivity index (χ4n) is 3.08. The first-order chi connectivity index (χ1) is 14.0. The molecule has 0 spiro atoms. The Labute approximate surface area is 166 Å². The van der Waals surface area contributed by atoms with E-state index in [-0.39, 0.29) is 11.7 Å². The van der Waals surface area contributed by atoms with Gasteiger partial charge in [0.1, 0.15) is 12.1 Å². The van der Waals surface area contributed by atoms with E-state index >= 15 is 0 Å². The summed E-state index contributed by atoms with van der Waals surface area (Å²) in [6, 6.07) is 12.1. The summed E-state index contributed by atoms with van der Waals surface area (Å²) in [5.41, 5.74) is 0.982. The Kier molecular flexibility index (Phi) is 4.94. The monoisotopic (exact) mass is 393 g/mol. The van der Waals surface area contributed by atoms with E-state index in [1.807, 2.05) is 30.3 Å². The van der Waals surface area contributed by atoms with E-state index in [0.717, 1.165) is 5.56 Å². The average Bonchev–Trinajstić information content (AvgIpc) is 3.17. The van der Waals surface area contributed by atoms with Gasteiger partial charge in [0.2, 0.25) is 5.89 Å². The molecule has 2 atom stereocenters. The third kappa shape index (κ3) is 3.79. The minimum Gasteiger partial charge on any atom is -0.484 e. The van der Waals surface area contributed by atoms with Crippen LogP contribution in [0.1, 0.15) is 29.0 Å². The zero-order valence-corrected chi connectivity index (χ0v) is 15.9. The number of benzene rings is 1. The predicted molar refractivity (Wildman–Crippen MR) is 103 cm³/mol. The summed E-state index contributed by atoms with van der Waals surface area (Å²) in [6.07, 6.45) is 1.37. The Bertz CT molecular complexity index is 1040. The normalized spacial score (nSPS) is 18.6. The van der Waals surface area contributed by atoms with Crippen molar-refractivity contribution in [2.45, 2.75) is 25.5 Å². The number of amides is 2. The van der Waals surface area contributed by atoms with Crippen molar-refractivity contribution in [3.63, 3.8) is 0 Å². The van der Waals surface area contributed by atoms with Crippen LogP contribution in [0.2, 0.25) is 0 Å². The summed E-state index contributed by atoms with van der Waals surface area (Å²) in [4.78, 5) is 35.2. The first-order valence-corrected chi connectivity index (χ1v) is 9.09. The van der Waals surface area contributed by atoms with E-state index in [2.05, 4.69) is 20.4 Å². The maximum Gasteiger partial charge on any atom is 0.293 e. The van der Waals surface area contributed by atoms with Gasteiger partial charge in [0.25, 0.3) is 17.6 Å². The van der Waals surface area contributed by atoms with Crippen LogP contribution in [0.15, 0.2) is 53.2 Å². The summed E-state index contributed by atoms with van der Waals surface area (Å²) in [7, 11) is 1.58. The molecule has 1 aromatic carbocycles. The number of hydrogen-bond donors (Lipinski definition) is 1. The van der Waals surface area contributed by atoms with Crippen molar-refractivity contribution in [1.82, 2.24) is 20.4 Å². The molecule has 0 radical (unpaired) electrons. The molecule has 29 heavy (non-hydrogen) atoms. The number of aromatic nitrogens is 3. The van der Waals surface area contributed by atoms with Crippen molar-refractivity contribution in [1.29, 1.82) is 0 Å². The van der Waals surface area contributed by atoms with Crippen molar-refractivity contribution in [2.24, 2.45) is 0 Å². The van der Waals surface area contributed by atoms with Crippen LogP contribution in [0, 0.1) is 0 Å². The first kappa shape index (κ1) is 18.6. The van der Waals surface area contributed by atoms with Crippen molar-refractivity contribution < 1.29 is 18.8 Å². The predicted octanol–water partition coefficient (Wildman–Crippen LogP) is 1.60. The standard InChI is InChI=1S/C20H19N5O4/c1-12-16(20(27)25(2)18-14(28-12)9-6-10-21-18)23-19(26)17-22-15(29-24-17)11-13-7-4-3-5-8-13/h3-10,12,16H,11H2,1-2H3,(H,23,26)/t12-,16?/m1/s1. The SMILES string of the molecule is C[C@H]1Oc2cccnc2N(C)C(=O)C1NC(=O)c1noc(Cc2ccccc2)n1. The van der Waals surface area contributed by atoms with Crippen LogP contribution in [-0.4, -0.2) is 46.1 Å². The Morgan fingerprint density at radius 2 is 2.00 bits per heavy atom. The second kappa shape index (κ2) is 7.70. The van der Waals surface area contributed by atoms with Gasteiger partial charge in [-0.25, -0.2) is 4.98 Å². The molecule has 2 aromatic heterocycles. The summed E-state index contributed by atoms with van der Waals surface area (Å²) in [5, 5.41) is 6.38. The summed E-state index contributed by atoms with van der Waals surface area (Å²) >= 11 is 0. The van der Waals surface area contributed by atoms with Gasteiger partial charge in [0.05, 0.1) is 6.42 Å². The number of hydrogen-bond acceptors (Lipinski definition) is 7. The third-order valence-corrected chi connectivity index (χ3v) is 4.60. The van der Waals surface area contributed by atoms with E-state index in [4.69, 9.17) is 9.26 Å². The van der Waals surface area contributed by atoms with Gasteiger partial charge >= 0.3 is 0 Å². The van der Waals surface area contributed by atoms with Crippen molar-refractivity contribution >= 4 is 17.6 Å². The topological polar surface area (TPSA) is 110 Å².